The molecule has 5 aromatic carbocycles. The first-order chi connectivity index (χ1) is 22.8. The third-order valence-corrected chi connectivity index (χ3v) is 9.25. The molecule has 6 rings (SSSR count). The maximum atomic E-state index is 14.0. The van der Waals surface area contributed by atoms with Crippen LogP contribution in [0.25, 0.3) is 0 Å². The number of para-hydroxylation sites is 1. The number of methoxy groups -OCH3 is 2. The van der Waals surface area contributed by atoms with Crippen molar-refractivity contribution in [3.05, 3.63) is 162 Å². The normalized spacial score (nSPS) is 17.7. The summed E-state index contributed by atoms with van der Waals surface area (Å²) in [7, 11) is 2.61. The van der Waals surface area contributed by atoms with Crippen LogP contribution in [0.1, 0.15) is 46.9 Å². The van der Waals surface area contributed by atoms with Gasteiger partial charge in [0.25, 0.3) is 0 Å². The molecule has 0 radical (unpaired) electrons. The molecular weight excluding hydrogens is 592 g/mol. The average molecular weight is 631 g/mol. The Bertz CT molecular complexity index is 1640. The summed E-state index contributed by atoms with van der Waals surface area (Å²) in [5, 5.41) is 28.9. The Kier molecular flexibility index (Phi) is 9.95. The van der Waals surface area contributed by atoms with Gasteiger partial charge in [-0.15, -0.1) is 0 Å². The topological polar surface area (TPSA) is 113 Å². The summed E-state index contributed by atoms with van der Waals surface area (Å²) in [6.07, 6.45) is 0.722. The highest BCUT2D eigenvalue weighted by Crippen LogP contribution is 2.63. The Morgan fingerprint density at radius 1 is 0.511 bits per heavy atom. The second-order valence-corrected chi connectivity index (χ2v) is 11.7. The predicted octanol–water partition coefficient (Wildman–Crippen LogP) is 7.47. The zero-order chi connectivity index (χ0) is 33.4. The van der Waals surface area contributed by atoms with Gasteiger partial charge in [-0.3, -0.25) is 9.59 Å². The summed E-state index contributed by atoms with van der Waals surface area (Å²) in [6, 6.07) is 41.9. The van der Waals surface area contributed by atoms with Gasteiger partial charge in [0, 0.05) is 17.3 Å². The molecule has 1 fully saturated rings. The van der Waals surface area contributed by atoms with Gasteiger partial charge >= 0.3 is 11.9 Å². The van der Waals surface area contributed by atoms with E-state index in [4.69, 9.17) is 14.6 Å². The van der Waals surface area contributed by atoms with E-state index in [1.807, 2.05) is 91.0 Å². The van der Waals surface area contributed by atoms with Gasteiger partial charge in [-0.05, 0) is 71.5 Å². The minimum atomic E-state index is -1.68. The van der Waals surface area contributed by atoms with Gasteiger partial charge in [0.15, 0.2) is 5.41 Å². The molecule has 47 heavy (non-hydrogen) atoms. The van der Waals surface area contributed by atoms with Crippen LogP contribution in [0.15, 0.2) is 140 Å². The lowest BCUT2D eigenvalue weighted by atomic mass is 9.47. The highest BCUT2D eigenvalue weighted by molar-refractivity contribution is 6.03. The lowest BCUT2D eigenvalue weighted by Crippen LogP contribution is -2.57. The number of carbonyl (C=O) groups is 2. The Balaban J connectivity index is 0.000000549. The number of ether oxygens (including phenoxy) is 2. The molecule has 0 saturated heterocycles. The number of carbonyl (C=O) groups excluding carboxylic acids is 2. The molecule has 240 valence electrons. The molecule has 0 spiro atoms. The molecule has 7 nitrogen and oxygen atoms in total. The van der Waals surface area contributed by atoms with Gasteiger partial charge in [0.2, 0.25) is 0 Å². The van der Waals surface area contributed by atoms with Crippen molar-refractivity contribution in [2.75, 3.05) is 14.2 Å². The van der Waals surface area contributed by atoms with Gasteiger partial charge in [0.1, 0.15) is 17.2 Å². The van der Waals surface area contributed by atoms with Gasteiger partial charge in [0.05, 0.1) is 14.2 Å². The van der Waals surface area contributed by atoms with Crippen molar-refractivity contribution >= 4 is 11.9 Å². The van der Waals surface area contributed by atoms with Crippen molar-refractivity contribution in [2.24, 2.45) is 5.41 Å². The average Bonchev–Trinajstić information content (AvgIpc) is 3.12. The van der Waals surface area contributed by atoms with Gasteiger partial charge in [-0.25, -0.2) is 0 Å². The fraction of sp³-hybridized carbons (Fsp3) is 0.200. The van der Waals surface area contributed by atoms with Crippen molar-refractivity contribution < 1.29 is 34.4 Å². The molecular formula is C40H38O7. The van der Waals surface area contributed by atoms with Crippen LogP contribution in [-0.2, 0) is 24.5 Å². The molecule has 2 atom stereocenters. The first-order valence-electron chi connectivity index (χ1n) is 15.4. The van der Waals surface area contributed by atoms with Crippen LogP contribution in [0.2, 0.25) is 0 Å². The van der Waals surface area contributed by atoms with Crippen LogP contribution in [0, 0.1) is 5.41 Å². The van der Waals surface area contributed by atoms with Crippen molar-refractivity contribution in [1.29, 1.82) is 0 Å². The minimum absolute atomic E-state index is 0.137. The van der Waals surface area contributed by atoms with Crippen molar-refractivity contribution in [3.63, 3.8) is 0 Å². The summed E-state index contributed by atoms with van der Waals surface area (Å²) >= 11 is 0. The van der Waals surface area contributed by atoms with Crippen molar-refractivity contribution in [2.45, 2.75) is 30.1 Å². The Hall–Kier alpha value is -5.56. The molecule has 5 aromatic rings. The van der Waals surface area contributed by atoms with Crippen molar-refractivity contribution in [3.8, 4) is 17.2 Å². The molecule has 0 aliphatic heterocycles. The number of phenols is 3. The fourth-order valence-corrected chi connectivity index (χ4v) is 7.09. The molecule has 2 unspecified atom stereocenters. The SMILES string of the molecule is COC(=O)C1(C(=O)OC)C(c2ccccc2)CC(c2ccc(O)cc2)(c2ccc(O)cc2)CC1c1ccccc1.Oc1ccccc1. The largest absolute Gasteiger partial charge is 0.508 e. The minimum Gasteiger partial charge on any atom is -0.508 e. The van der Waals surface area contributed by atoms with E-state index in [0.29, 0.717) is 18.6 Å². The van der Waals surface area contributed by atoms with E-state index < -0.39 is 34.6 Å². The van der Waals surface area contributed by atoms with E-state index in [9.17, 15) is 19.8 Å². The first-order valence-corrected chi connectivity index (χ1v) is 15.4. The van der Waals surface area contributed by atoms with E-state index >= 15 is 0 Å². The summed E-state index contributed by atoms with van der Waals surface area (Å²) in [5.41, 5.74) is 1.06. The number of hydrogen-bond acceptors (Lipinski definition) is 7. The predicted molar refractivity (Wildman–Crippen MR) is 179 cm³/mol. The Morgan fingerprint density at radius 3 is 1.13 bits per heavy atom. The summed E-state index contributed by atoms with van der Waals surface area (Å²) in [4.78, 5) is 28.1. The van der Waals surface area contributed by atoms with Crippen LogP contribution >= 0.6 is 0 Å². The highest BCUT2D eigenvalue weighted by Gasteiger charge is 2.66. The maximum Gasteiger partial charge on any atom is 0.324 e. The smallest absolute Gasteiger partial charge is 0.324 e. The van der Waals surface area contributed by atoms with Crippen LogP contribution in [0.5, 0.6) is 17.2 Å². The highest BCUT2D eigenvalue weighted by atomic mass is 16.5. The summed E-state index contributed by atoms with van der Waals surface area (Å²) in [5.74, 6) is -1.98. The lowest BCUT2D eigenvalue weighted by Gasteiger charge is -2.53. The number of aromatic hydroxyl groups is 3. The lowest BCUT2D eigenvalue weighted by molar-refractivity contribution is -0.176. The zero-order valence-corrected chi connectivity index (χ0v) is 26.3. The first kappa shape index (κ1) is 32.8. The molecule has 0 heterocycles. The van der Waals surface area contributed by atoms with E-state index in [0.717, 1.165) is 22.3 Å². The molecule has 0 bridgehead atoms. The van der Waals surface area contributed by atoms with E-state index in [-0.39, 0.29) is 11.5 Å². The van der Waals surface area contributed by atoms with Gasteiger partial charge in [-0.1, -0.05) is 103 Å². The standard InChI is InChI=1S/C34H32O6.C6H6O/c1-39-31(37)34(32(38)40-2)29(23-9-5-3-6-10-23)21-33(25-13-17-27(35)18-14-25,26-15-19-28(36)20-16-26)22-30(34)24-11-7-4-8-12-24;7-6-4-2-1-3-5-6/h3-20,29-30,35-36H,21-22H2,1-2H3;1-5,7H. The molecule has 1 aliphatic carbocycles. The van der Waals surface area contributed by atoms with Gasteiger partial charge in [-0.2, -0.15) is 0 Å². The third-order valence-electron chi connectivity index (χ3n) is 9.25. The summed E-state index contributed by atoms with van der Waals surface area (Å²) in [6.45, 7) is 0. The molecule has 7 heteroatoms. The quantitative estimate of drug-likeness (QED) is 0.132. The summed E-state index contributed by atoms with van der Waals surface area (Å²) < 4.78 is 10.8. The maximum absolute atomic E-state index is 14.0. The monoisotopic (exact) mass is 630 g/mol. The number of esters is 2. The van der Waals surface area contributed by atoms with Crippen molar-refractivity contribution in [1.82, 2.24) is 0 Å². The molecule has 0 amide bonds. The molecule has 1 saturated carbocycles. The molecule has 1 aliphatic rings. The van der Waals surface area contributed by atoms with Crippen LogP contribution in [0.3, 0.4) is 0 Å². The molecule has 3 N–H and O–H groups in total. The van der Waals surface area contributed by atoms with E-state index in [1.165, 1.54) is 14.2 Å². The second kappa shape index (κ2) is 14.3. The number of phenolic OH excluding ortho intramolecular Hbond substituents is 3. The zero-order valence-electron chi connectivity index (χ0n) is 26.3. The van der Waals surface area contributed by atoms with E-state index in [2.05, 4.69) is 0 Å². The number of hydrogen-bond donors (Lipinski definition) is 3. The Labute approximate surface area is 274 Å². The third kappa shape index (κ3) is 6.42. The second-order valence-electron chi connectivity index (χ2n) is 11.7. The van der Waals surface area contributed by atoms with E-state index in [1.54, 1.807) is 48.5 Å². The fourth-order valence-electron chi connectivity index (χ4n) is 7.09. The van der Waals surface area contributed by atoms with Crippen LogP contribution in [0.4, 0.5) is 0 Å². The van der Waals surface area contributed by atoms with Crippen LogP contribution in [-0.4, -0.2) is 41.5 Å². The van der Waals surface area contributed by atoms with Crippen LogP contribution < -0.4 is 0 Å². The number of rotatable bonds is 6. The number of benzene rings is 5. The van der Waals surface area contributed by atoms with Gasteiger partial charge < -0.3 is 24.8 Å². The molecule has 0 aromatic heterocycles. The Morgan fingerprint density at radius 2 is 0.830 bits per heavy atom.